The molecule has 10 heteroatoms. The van der Waals surface area contributed by atoms with Crippen molar-refractivity contribution >= 4 is 29.4 Å². The minimum Gasteiger partial charge on any atom is -0.385 e. The Bertz CT molecular complexity index is 1370. The van der Waals surface area contributed by atoms with Crippen LogP contribution in [0.15, 0.2) is 42.5 Å². The lowest BCUT2D eigenvalue weighted by Gasteiger charge is -2.25. The third-order valence-corrected chi connectivity index (χ3v) is 7.77. The van der Waals surface area contributed by atoms with Gasteiger partial charge in [0, 0.05) is 42.9 Å². The number of thioether (sulfide) groups is 1. The van der Waals surface area contributed by atoms with Crippen LogP contribution in [0, 0.1) is 18.6 Å². The third kappa shape index (κ3) is 6.17. The summed E-state index contributed by atoms with van der Waals surface area (Å²) in [6.07, 6.45) is 0.637. The Morgan fingerprint density at radius 1 is 1.21 bits per heavy atom. The van der Waals surface area contributed by atoms with Crippen molar-refractivity contribution in [3.05, 3.63) is 76.5 Å². The van der Waals surface area contributed by atoms with Crippen LogP contribution in [0.2, 0.25) is 0 Å². The number of hydrogen-bond donors (Lipinski definition) is 1. The van der Waals surface area contributed by atoms with Gasteiger partial charge in [0.05, 0.1) is 22.4 Å². The van der Waals surface area contributed by atoms with Crippen molar-refractivity contribution in [2.75, 3.05) is 37.5 Å². The summed E-state index contributed by atoms with van der Waals surface area (Å²) in [6, 6.07) is 11.1. The minimum atomic E-state index is -0.696. The zero-order chi connectivity index (χ0) is 28.3. The third-order valence-electron chi connectivity index (χ3n) is 6.54. The highest BCUT2D eigenvalue weighted by atomic mass is 32.2. The molecule has 1 aliphatic rings. The van der Waals surface area contributed by atoms with E-state index in [-0.39, 0.29) is 29.7 Å². The Kier molecular flexibility index (Phi) is 8.76. The number of aromatic nitrogens is 2. The van der Waals surface area contributed by atoms with Crippen LogP contribution in [-0.4, -0.2) is 54.2 Å². The first-order valence-corrected chi connectivity index (χ1v) is 13.9. The van der Waals surface area contributed by atoms with Gasteiger partial charge < -0.3 is 10.1 Å². The van der Waals surface area contributed by atoms with E-state index in [1.165, 1.54) is 28.8 Å². The number of rotatable bonds is 8. The second kappa shape index (κ2) is 11.9. The normalized spacial score (nSPS) is 15.7. The molecule has 1 N–H and O–H groups in total. The zero-order valence-electron chi connectivity index (χ0n) is 22.9. The Labute approximate surface area is 231 Å². The number of aryl methyl sites for hydroxylation is 1. The van der Waals surface area contributed by atoms with Gasteiger partial charge in [-0.3, -0.25) is 14.5 Å². The molecule has 1 unspecified atom stereocenters. The van der Waals surface area contributed by atoms with Gasteiger partial charge in [-0.05, 0) is 31.0 Å². The number of anilines is 1. The number of para-hydroxylation sites is 1. The summed E-state index contributed by atoms with van der Waals surface area (Å²) in [5.41, 5.74) is 2.74. The maximum absolute atomic E-state index is 15.2. The number of nitrogens with one attached hydrogen (secondary N) is 1. The molecule has 1 aliphatic heterocycles. The van der Waals surface area contributed by atoms with E-state index in [1.54, 1.807) is 11.8 Å². The predicted molar refractivity (Wildman–Crippen MR) is 150 cm³/mol. The molecule has 0 saturated heterocycles. The van der Waals surface area contributed by atoms with Gasteiger partial charge in [0.2, 0.25) is 11.8 Å². The second-order valence-electron chi connectivity index (χ2n) is 10.6. The van der Waals surface area contributed by atoms with Gasteiger partial charge in [0.1, 0.15) is 24.0 Å². The molecular formula is C29H34F2N4O3S. The molecule has 7 nitrogen and oxygen atoms in total. The zero-order valence-corrected chi connectivity index (χ0v) is 23.7. The van der Waals surface area contributed by atoms with E-state index in [4.69, 9.17) is 9.84 Å². The molecule has 0 radical (unpaired) electrons. The molecular weight excluding hydrogens is 522 g/mol. The van der Waals surface area contributed by atoms with Crippen molar-refractivity contribution in [2.24, 2.45) is 0 Å². The molecule has 0 saturated carbocycles. The van der Waals surface area contributed by atoms with Gasteiger partial charge in [0.25, 0.3) is 0 Å². The maximum Gasteiger partial charge on any atom is 0.240 e. The lowest BCUT2D eigenvalue weighted by atomic mass is 9.87. The summed E-state index contributed by atoms with van der Waals surface area (Å²) in [7, 11) is 1.59. The molecule has 2 heterocycles. The number of ether oxygens (including phenoxy) is 1. The SMILES string of the molecule is COCCCNC(=O)CN1C(=O)CSC(c2ccc(F)cc2F)c2c(C(C)(C)C)nn(-c3ccccc3C)c21. The molecule has 2 amide bonds. The largest absolute Gasteiger partial charge is 0.385 e. The molecule has 0 bridgehead atoms. The lowest BCUT2D eigenvalue weighted by Crippen LogP contribution is -2.42. The monoisotopic (exact) mass is 556 g/mol. The Balaban J connectivity index is 1.94. The van der Waals surface area contributed by atoms with Crippen LogP contribution in [0.3, 0.4) is 0 Å². The van der Waals surface area contributed by atoms with Gasteiger partial charge in [-0.15, -0.1) is 11.8 Å². The lowest BCUT2D eigenvalue weighted by molar-refractivity contribution is -0.122. The second-order valence-corrected chi connectivity index (χ2v) is 11.7. The number of hydrogen-bond acceptors (Lipinski definition) is 5. The predicted octanol–water partition coefficient (Wildman–Crippen LogP) is 5.08. The molecule has 3 aromatic rings. The number of halogens is 2. The summed E-state index contributed by atoms with van der Waals surface area (Å²) in [4.78, 5) is 28.1. The first-order chi connectivity index (χ1) is 18.5. The summed E-state index contributed by atoms with van der Waals surface area (Å²) < 4.78 is 35.9. The molecule has 0 fully saturated rings. The number of methoxy groups -OCH3 is 1. The Hall–Kier alpha value is -3.24. The van der Waals surface area contributed by atoms with Crippen LogP contribution in [0.25, 0.3) is 5.69 Å². The first-order valence-electron chi connectivity index (χ1n) is 12.8. The summed E-state index contributed by atoms with van der Waals surface area (Å²) in [5.74, 6) is -1.57. The van der Waals surface area contributed by atoms with Crippen molar-refractivity contribution in [1.29, 1.82) is 0 Å². The van der Waals surface area contributed by atoms with Crippen LogP contribution in [0.1, 0.15) is 54.8 Å². The smallest absolute Gasteiger partial charge is 0.240 e. The molecule has 208 valence electrons. The number of carbonyl (C=O) groups excluding carboxylic acids is 2. The molecule has 4 rings (SSSR count). The van der Waals surface area contributed by atoms with Crippen LogP contribution >= 0.6 is 11.8 Å². The number of nitrogens with zero attached hydrogens (tertiary/aromatic N) is 3. The van der Waals surface area contributed by atoms with E-state index in [2.05, 4.69) is 5.32 Å². The van der Waals surface area contributed by atoms with Crippen molar-refractivity contribution in [3.8, 4) is 5.69 Å². The quantitative estimate of drug-likeness (QED) is 0.392. The van der Waals surface area contributed by atoms with Crippen molar-refractivity contribution in [3.63, 3.8) is 0 Å². The van der Waals surface area contributed by atoms with E-state index in [1.807, 2.05) is 52.0 Å². The van der Waals surface area contributed by atoms with Gasteiger partial charge in [-0.1, -0.05) is 45.0 Å². The fourth-order valence-corrected chi connectivity index (χ4v) is 5.87. The van der Waals surface area contributed by atoms with Crippen molar-refractivity contribution < 1.29 is 23.1 Å². The fourth-order valence-electron chi connectivity index (χ4n) is 4.65. The number of fused-ring (bicyclic) bond motifs is 1. The van der Waals surface area contributed by atoms with Crippen LogP contribution in [0.5, 0.6) is 0 Å². The van der Waals surface area contributed by atoms with Crippen LogP contribution < -0.4 is 10.2 Å². The van der Waals surface area contributed by atoms with Gasteiger partial charge in [0.15, 0.2) is 0 Å². The molecule has 39 heavy (non-hydrogen) atoms. The fraction of sp³-hybridized carbons (Fsp3) is 0.414. The number of amides is 2. The number of carbonyl (C=O) groups is 2. The summed E-state index contributed by atoms with van der Waals surface area (Å²) in [6.45, 7) is 8.63. The van der Waals surface area contributed by atoms with Gasteiger partial charge in [-0.25, -0.2) is 13.5 Å². The molecule has 0 aliphatic carbocycles. The molecule has 1 atom stereocenters. The van der Waals surface area contributed by atoms with Gasteiger partial charge in [-0.2, -0.15) is 5.10 Å². The van der Waals surface area contributed by atoms with Gasteiger partial charge >= 0.3 is 0 Å². The van der Waals surface area contributed by atoms with E-state index in [0.29, 0.717) is 36.6 Å². The standard InChI is InChI=1S/C29H34F2N4O3S/c1-18-9-6-7-10-22(18)35-28-25(27(33-35)29(2,3)4)26(20-12-11-19(30)15-21(20)31)39-17-24(37)34(28)16-23(36)32-13-8-14-38-5/h6-7,9-12,15,26H,8,13-14,16-17H2,1-5H3,(H,32,36). The first kappa shape index (κ1) is 28.8. The highest BCUT2D eigenvalue weighted by Crippen LogP contribution is 2.49. The van der Waals surface area contributed by atoms with E-state index < -0.39 is 22.3 Å². The van der Waals surface area contributed by atoms with Crippen molar-refractivity contribution in [1.82, 2.24) is 15.1 Å². The average molecular weight is 557 g/mol. The van der Waals surface area contributed by atoms with E-state index in [9.17, 15) is 14.0 Å². The summed E-state index contributed by atoms with van der Waals surface area (Å²) >= 11 is 1.25. The Morgan fingerprint density at radius 2 is 1.95 bits per heavy atom. The van der Waals surface area contributed by atoms with Crippen LogP contribution in [0.4, 0.5) is 14.6 Å². The molecule has 1 aromatic heterocycles. The van der Waals surface area contributed by atoms with Crippen molar-refractivity contribution in [2.45, 2.75) is 44.8 Å². The Morgan fingerprint density at radius 3 is 2.62 bits per heavy atom. The maximum atomic E-state index is 15.2. The topological polar surface area (TPSA) is 76.5 Å². The van der Waals surface area contributed by atoms with E-state index >= 15 is 4.39 Å². The minimum absolute atomic E-state index is 0.00444. The van der Waals surface area contributed by atoms with Crippen LogP contribution in [-0.2, 0) is 19.7 Å². The average Bonchev–Trinajstić information content (AvgIpc) is 3.21. The highest BCUT2D eigenvalue weighted by molar-refractivity contribution is 8.00. The van der Waals surface area contributed by atoms with E-state index in [0.717, 1.165) is 17.3 Å². The number of benzene rings is 2. The highest BCUT2D eigenvalue weighted by Gasteiger charge is 2.40. The molecule has 2 aromatic carbocycles. The molecule has 0 spiro atoms. The summed E-state index contributed by atoms with van der Waals surface area (Å²) in [5, 5.41) is 7.21.